The monoisotopic (exact) mass is 634 g/mol. The van der Waals surface area contributed by atoms with Gasteiger partial charge in [0.1, 0.15) is 0 Å². The van der Waals surface area contributed by atoms with Crippen molar-refractivity contribution in [2.45, 2.75) is 0 Å². The zero-order chi connectivity index (χ0) is 32.8. The molecule has 0 amide bonds. The van der Waals surface area contributed by atoms with Gasteiger partial charge in [-0.2, -0.15) is 0 Å². The molecule has 0 aliphatic rings. The lowest BCUT2D eigenvalue weighted by Gasteiger charge is -2.12. The molecule has 0 spiro atoms. The van der Waals surface area contributed by atoms with Gasteiger partial charge in [0, 0.05) is 32.9 Å². The predicted octanol–water partition coefficient (Wildman–Crippen LogP) is 13.0. The lowest BCUT2D eigenvalue weighted by atomic mass is 9.96. The number of rotatable bonds is 3. The molecule has 0 fully saturated rings. The van der Waals surface area contributed by atoms with Crippen LogP contribution < -0.4 is 0 Å². The first-order valence-corrected chi connectivity index (χ1v) is 17.3. The van der Waals surface area contributed by atoms with E-state index in [1.54, 1.807) is 0 Å². The first-order chi connectivity index (χ1) is 24.8. The maximum absolute atomic E-state index is 2.45. The Kier molecular flexibility index (Phi) is 5.70. The van der Waals surface area contributed by atoms with Crippen molar-refractivity contribution in [2.75, 3.05) is 0 Å². The quantitative estimate of drug-likeness (QED) is 0.183. The molecule has 2 aromatic heterocycles. The highest BCUT2D eigenvalue weighted by atomic mass is 15.0. The van der Waals surface area contributed by atoms with Crippen LogP contribution in [0.5, 0.6) is 0 Å². The Morgan fingerprint density at radius 3 is 1.44 bits per heavy atom. The summed E-state index contributed by atoms with van der Waals surface area (Å²) in [6, 6.07) is 66.8. The second-order valence-electron chi connectivity index (χ2n) is 13.4. The van der Waals surface area contributed by atoms with E-state index in [1.165, 1.54) is 98.4 Å². The van der Waals surface area contributed by atoms with Crippen molar-refractivity contribution in [1.29, 1.82) is 0 Å². The van der Waals surface area contributed by atoms with Gasteiger partial charge in [-0.25, -0.2) is 0 Å². The van der Waals surface area contributed by atoms with Gasteiger partial charge < -0.3 is 9.13 Å². The van der Waals surface area contributed by atoms with Crippen molar-refractivity contribution in [1.82, 2.24) is 9.13 Å². The molecular formula is C48H30N2. The molecule has 0 saturated heterocycles. The SMILES string of the molecule is c1ccc2cc(-n3c4ccccc4c4c5c6ccccc6n(-c6ccc7cc(-c8cccc9ccccc89)ccc7c6)c5ccc43)ccc2c1. The molecule has 0 atom stereocenters. The summed E-state index contributed by atoms with van der Waals surface area (Å²) in [6.45, 7) is 0. The van der Waals surface area contributed by atoms with E-state index in [2.05, 4.69) is 191 Å². The average Bonchev–Trinajstić information content (AvgIpc) is 3.70. The summed E-state index contributed by atoms with van der Waals surface area (Å²) in [6.07, 6.45) is 0. The van der Waals surface area contributed by atoms with E-state index in [-0.39, 0.29) is 0 Å². The Hall–Kier alpha value is -6.64. The van der Waals surface area contributed by atoms with Crippen LogP contribution in [-0.4, -0.2) is 9.13 Å². The van der Waals surface area contributed by atoms with Gasteiger partial charge in [0.15, 0.2) is 0 Å². The molecule has 0 aliphatic carbocycles. The Morgan fingerprint density at radius 1 is 0.280 bits per heavy atom. The first-order valence-electron chi connectivity index (χ1n) is 17.3. The van der Waals surface area contributed by atoms with Crippen LogP contribution in [0.2, 0.25) is 0 Å². The second-order valence-corrected chi connectivity index (χ2v) is 13.4. The Labute approximate surface area is 288 Å². The van der Waals surface area contributed by atoms with Gasteiger partial charge in [0.05, 0.1) is 22.1 Å². The van der Waals surface area contributed by atoms with E-state index >= 15 is 0 Å². The summed E-state index contributed by atoms with van der Waals surface area (Å²) in [5.74, 6) is 0. The summed E-state index contributed by atoms with van der Waals surface area (Å²) >= 11 is 0. The first kappa shape index (κ1) is 27.3. The van der Waals surface area contributed by atoms with Crippen LogP contribution in [0.1, 0.15) is 0 Å². The van der Waals surface area contributed by atoms with E-state index in [0.717, 1.165) is 0 Å². The van der Waals surface area contributed by atoms with Crippen LogP contribution in [0, 0.1) is 0 Å². The molecule has 0 N–H and O–H groups in total. The van der Waals surface area contributed by atoms with Crippen molar-refractivity contribution >= 4 is 75.9 Å². The number of para-hydroxylation sites is 2. The van der Waals surface area contributed by atoms with Crippen molar-refractivity contribution in [2.24, 2.45) is 0 Å². The van der Waals surface area contributed by atoms with Crippen molar-refractivity contribution < 1.29 is 0 Å². The summed E-state index contributed by atoms with van der Waals surface area (Å²) in [5.41, 5.74) is 9.71. The average molecular weight is 635 g/mol. The third-order valence-corrected chi connectivity index (χ3v) is 10.6. The molecule has 0 unspecified atom stereocenters. The Morgan fingerprint density at radius 2 is 0.760 bits per heavy atom. The van der Waals surface area contributed by atoms with E-state index < -0.39 is 0 Å². The summed E-state index contributed by atoms with van der Waals surface area (Å²) in [7, 11) is 0. The maximum atomic E-state index is 2.45. The standard InChI is InChI=1S/C48H30N2/c1-2-12-33-29-37(24-22-31(33)10-1)49-43-18-7-5-15-41(43)47-45(49)26-27-46-48(47)42-16-6-8-19-44(42)50(46)38-25-23-34-28-36(21-20-35(34)30-38)40-17-9-13-32-11-3-4-14-39(32)40/h1-30H. The lowest BCUT2D eigenvalue weighted by Crippen LogP contribution is -1.95. The van der Waals surface area contributed by atoms with Gasteiger partial charge in [0.25, 0.3) is 0 Å². The minimum absolute atomic E-state index is 1.17. The van der Waals surface area contributed by atoms with Gasteiger partial charge in [-0.1, -0.05) is 127 Å². The molecule has 232 valence electrons. The van der Waals surface area contributed by atoms with E-state index in [1.807, 2.05) is 0 Å². The maximum Gasteiger partial charge on any atom is 0.0548 e. The summed E-state index contributed by atoms with van der Waals surface area (Å²) < 4.78 is 4.89. The number of hydrogen-bond donors (Lipinski definition) is 0. The van der Waals surface area contributed by atoms with E-state index in [9.17, 15) is 0 Å². The number of fused-ring (bicyclic) bond motifs is 10. The van der Waals surface area contributed by atoms with Gasteiger partial charge in [-0.05, 0) is 98.0 Å². The van der Waals surface area contributed by atoms with Crippen LogP contribution in [0.4, 0.5) is 0 Å². The third-order valence-electron chi connectivity index (χ3n) is 10.6. The van der Waals surface area contributed by atoms with Crippen LogP contribution in [0.15, 0.2) is 182 Å². The molecule has 0 saturated carbocycles. The highest BCUT2D eigenvalue weighted by Crippen LogP contribution is 2.43. The topological polar surface area (TPSA) is 9.86 Å². The van der Waals surface area contributed by atoms with Crippen molar-refractivity contribution in [3.63, 3.8) is 0 Å². The number of hydrogen-bond acceptors (Lipinski definition) is 0. The smallest absolute Gasteiger partial charge is 0.0548 e. The van der Waals surface area contributed by atoms with Crippen LogP contribution >= 0.6 is 0 Å². The number of benzene rings is 9. The van der Waals surface area contributed by atoms with Gasteiger partial charge in [0.2, 0.25) is 0 Å². The molecule has 0 aliphatic heterocycles. The molecule has 0 radical (unpaired) electrons. The zero-order valence-corrected chi connectivity index (χ0v) is 27.2. The Bertz CT molecular complexity index is 3150. The molecule has 0 bridgehead atoms. The van der Waals surface area contributed by atoms with Gasteiger partial charge in [-0.15, -0.1) is 0 Å². The fourth-order valence-electron chi connectivity index (χ4n) is 8.41. The highest BCUT2D eigenvalue weighted by Gasteiger charge is 2.20. The van der Waals surface area contributed by atoms with E-state index in [0.29, 0.717) is 0 Å². The summed E-state index contributed by atoms with van der Waals surface area (Å²) in [5, 5.41) is 12.6. The van der Waals surface area contributed by atoms with Gasteiger partial charge in [-0.3, -0.25) is 0 Å². The molecular weight excluding hydrogens is 605 g/mol. The highest BCUT2D eigenvalue weighted by molar-refractivity contribution is 6.29. The summed E-state index contributed by atoms with van der Waals surface area (Å²) in [4.78, 5) is 0. The minimum Gasteiger partial charge on any atom is -0.309 e. The van der Waals surface area contributed by atoms with Crippen molar-refractivity contribution in [3.8, 4) is 22.5 Å². The molecule has 11 rings (SSSR count). The fraction of sp³-hybridized carbons (Fsp3) is 0. The lowest BCUT2D eigenvalue weighted by molar-refractivity contribution is 1.18. The van der Waals surface area contributed by atoms with Crippen LogP contribution in [-0.2, 0) is 0 Å². The molecule has 9 aromatic carbocycles. The molecule has 2 heterocycles. The molecule has 2 heteroatoms. The number of aromatic nitrogens is 2. The minimum atomic E-state index is 1.17. The van der Waals surface area contributed by atoms with Crippen molar-refractivity contribution in [3.05, 3.63) is 182 Å². The molecule has 2 nitrogen and oxygen atoms in total. The third kappa shape index (κ3) is 3.90. The van der Waals surface area contributed by atoms with Gasteiger partial charge >= 0.3 is 0 Å². The fourth-order valence-corrected chi connectivity index (χ4v) is 8.41. The normalized spacial score (nSPS) is 12.0. The number of nitrogens with zero attached hydrogens (tertiary/aromatic N) is 2. The second kappa shape index (κ2) is 10.4. The predicted molar refractivity (Wildman–Crippen MR) is 213 cm³/mol. The molecule has 50 heavy (non-hydrogen) atoms. The molecule has 11 aromatic rings. The van der Waals surface area contributed by atoms with Crippen LogP contribution in [0.25, 0.3) is 98.4 Å². The Balaban J connectivity index is 1.14. The van der Waals surface area contributed by atoms with Crippen LogP contribution in [0.3, 0.4) is 0 Å². The largest absolute Gasteiger partial charge is 0.309 e. The zero-order valence-electron chi connectivity index (χ0n) is 27.2. The van der Waals surface area contributed by atoms with E-state index in [4.69, 9.17) is 0 Å².